The molecule has 1 saturated carbocycles. The van der Waals surface area contributed by atoms with Gasteiger partial charge in [0.15, 0.2) is 0 Å². The molecule has 2 nitrogen and oxygen atoms in total. The molecule has 2 aromatic carbocycles. The number of benzene rings is 2. The van der Waals surface area contributed by atoms with Crippen molar-refractivity contribution in [2.45, 2.75) is 25.2 Å². The van der Waals surface area contributed by atoms with Crippen LogP contribution in [0.15, 0.2) is 40.9 Å². The lowest BCUT2D eigenvalue weighted by molar-refractivity contribution is 0.393. The van der Waals surface area contributed by atoms with Crippen molar-refractivity contribution in [1.82, 2.24) is 0 Å². The van der Waals surface area contributed by atoms with Gasteiger partial charge in [0.25, 0.3) is 0 Å². The van der Waals surface area contributed by atoms with Crippen LogP contribution >= 0.6 is 15.9 Å². The summed E-state index contributed by atoms with van der Waals surface area (Å²) in [5.74, 6) is 3.20. The van der Waals surface area contributed by atoms with E-state index in [1.807, 2.05) is 6.07 Å². The van der Waals surface area contributed by atoms with Crippen LogP contribution < -0.4 is 9.47 Å². The van der Waals surface area contributed by atoms with Crippen molar-refractivity contribution < 1.29 is 9.47 Å². The van der Waals surface area contributed by atoms with Crippen molar-refractivity contribution in [1.29, 1.82) is 0 Å². The van der Waals surface area contributed by atoms with Gasteiger partial charge in [0.1, 0.15) is 11.5 Å². The number of fused-ring (bicyclic) bond motifs is 3. The summed E-state index contributed by atoms with van der Waals surface area (Å²) >= 11 is 3.77. The van der Waals surface area contributed by atoms with Crippen LogP contribution in [0.25, 0.3) is 0 Å². The predicted octanol–water partition coefficient (Wildman–Crippen LogP) is 4.77. The molecule has 2 aromatic rings. The molecular formula is C20H21BrO2. The Labute approximate surface area is 145 Å². The summed E-state index contributed by atoms with van der Waals surface area (Å²) in [4.78, 5) is 0. The van der Waals surface area contributed by atoms with Gasteiger partial charge in [-0.1, -0.05) is 35.0 Å². The number of hydrogen-bond acceptors (Lipinski definition) is 2. The number of rotatable bonds is 4. The molecule has 1 fully saturated rings. The van der Waals surface area contributed by atoms with Crippen molar-refractivity contribution in [3.8, 4) is 11.5 Å². The van der Waals surface area contributed by atoms with Crippen molar-refractivity contribution in [3.05, 3.63) is 57.6 Å². The smallest absolute Gasteiger partial charge is 0.122 e. The minimum absolute atomic E-state index is 0.311. The minimum Gasteiger partial charge on any atom is -0.497 e. The summed E-state index contributed by atoms with van der Waals surface area (Å²) in [6, 6.07) is 12.8. The van der Waals surface area contributed by atoms with Crippen LogP contribution in [0.1, 0.15) is 23.6 Å². The summed E-state index contributed by atoms with van der Waals surface area (Å²) < 4.78 is 12.1. The van der Waals surface area contributed by atoms with Gasteiger partial charge in [0.05, 0.1) is 14.2 Å². The third kappa shape index (κ3) is 2.20. The van der Waals surface area contributed by atoms with E-state index in [-0.39, 0.29) is 0 Å². The molecule has 2 aliphatic rings. The molecule has 0 bridgehead atoms. The van der Waals surface area contributed by atoms with Crippen molar-refractivity contribution >= 4 is 15.9 Å². The second kappa shape index (κ2) is 5.27. The SMILES string of the molecule is COc1cc(CC2C3Cc4cccc(Br)c4C23C)cc(OC)c1. The van der Waals surface area contributed by atoms with E-state index in [9.17, 15) is 0 Å². The van der Waals surface area contributed by atoms with E-state index in [0.29, 0.717) is 11.3 Å². The molecule has 0 aliphatic heterocycles. The zero-order valence-electron chi connectivity index (χ0n) is 13.7. The van der Waals surface area contributed by atoms with Crippen LogP contribution in [0.3, 0.4) is 0 Å². The Kier molecular flexibility index (Phi) is 3.45. The van der Waals surface area contributed by atoms with E-state index in [1.165, 1.54) is 27.6 Å². The molecule has 0 spiro atoms. The lowest BCUT2D eigenvalue weighted by atomic mass is 9.91. The second-order valence-corrected chi connectivity index (χ2v) is 7.75. The van der Waals surface area contributed by atoms with Gasteiger partial charge in [0.2, 0.25) is 0 Å². The second-order valence-electron chi connectivity index (χ2n) is 6.90. The van der Waals surface area contributed by atoms with E-state index in [0.717, 1.165) is 23.8 Å². The Balaban J connectivity index is 1.63. The highest BCUT2D eigenvalue weighted by Gasteiger charge is 2.65. The molecule has 3 heteroatoms. The highest BCUT2D eigenvalue weighted by Crippen LogP contribution is 2.68. The summed E-state index contributed by atoms with van der Waals surface area (Å²) in [6.07, 6.45) is 2.28. The molecule has 3 unspecified atom stereocenters. The van der Waals surface area contributed by atoms with Gasteiger partial charge < -0.3 is 9.47 Å². The standard InChI is InChI=1S/C20H21BrO2/c1-20-16(9-12-7-14(22-2)11-15(8-12)23-3)17(20)10-13-5-4-6-18(21)19(13)20/h4-8,11,16-17H,9-10H2,1-3H3. The predicted molar refractivity (Wildman–Crippen MR) is 95.4 cm³/mol. The largest absolute Gasteiger partial charge is 0.497 e. The lowest BCUT2D eigenvalue weighted by Crippen LogP contribution is -2.08. The molecule has 2 aliphatic carbocycles. The Morgan fingerprint density at radius 1 is 1.13 bits per heavy atom. The maximum Gasteiger partial charge on any atom is 0.122 e. The average molecular weight is 373 g/mol. The van der Waals surface area contributed by atoms with Crippen LogP contribution in [0.4, 0.5) is 0 Å². The fourth-order valence-corrected chi connectivity index (χ4v) is 5.43. The number of methoxy groups -OCH3 is 2. The van der Waals surface area contributed by atoms with Gasteiger partial charge in [-0.15, -0.1) is 0 Å². The Morgan fingerprint density at radius 3 is 2.48 bits per heavy atom. The summed E-state index contributed by atoms with van der Waals surface area (Å²) in [7, 11) is 3.41. The molecule has 3 atom stereocenters. The summed E-state index contributed by atoms with van der Waals surface area (Å²) in [5.41, 5.74) is 4.66. The molecule has 23 heavy (non-hydrogen) atoms. The monoisotopic (exact) mass is 372 g/mol. The highest BCUT2D eigenvalue weighted by molar-refractivity contribution is 9.10. The first-order valence-corrected chi connectivity index (χ1v) is 8.87. The van der Waals surface area contributed by atoms with Crippen molar-refractivity contribution in [2.75, 3.05) is 14.2 Å². The topological polar surface area (TPSA) is 18.5 Å². The van der Waals surface area contributed by atoms with E-state index in [4.69, 9.17) is 9.47 Å². The van der Waals surface area contributed by atoms with E-state index < -0.39 is 0 Å². The first kappa shape index (κ1) is 15.1. The first-order valence-electron chi connectivity index (χ1n) is 8.07. The fourth-order valence-electron chi connectivity index (χ4n) is 4.59. The van der Waals surface area contributed by atoms with Crippen LogP contribution in [0.2, 0.25) is 0 Å². The van der Waals surface area contributed by atoms with Gasteiger partial charge in [-0.3, -0.25) is 0 Å². The van der Waals surface area contributed by atoms with Crippen LogP contribution in [-0.4, -0.2) is 14.2 Å². The molecule has 0 heterocycles. The van der Waals surface area contributed by atoms with E-state index in [1.54, 1.807) is 14.2 Å². The Bertz CT molecular complexity index is 748. The highest BCUT2D eigenvalue weighted by atomic mass is 79.9. The minimum atomic E-state index is 0.311. The van der Waals surface area contributed by atoms with Gasteiger partial charge >= 0.3 is 0 Å². The Morgan fingerprint density at radius 2 is 1.83 bits per heavy atom. The molecule has 4 rings (SSSR count). The van der Waals surface area contributed by atoms with Crippen molar-refractivity contribution in [3.63, 3.8) is 0 Å². The zero-order chi connectivity index (χ0) is 16.2. The molecule has 120 valence electrons. The number of hydrogen-bond donors (Lipinski definition) is 0. The van der Waals surface area contributed by atoms with Crippen LogP contribution in [0.5, 0.6) is 11.5 Å². The third-order valence-electron chi connectivity index (χ3n) is 5.86. The normalized spacial score (nSPS) is 27.3. The van der Waals surface area contributed by atoms with Crippen LogP contribution in [-0.2, 0) is 18.3 Å². The summed E-state index contributed by atoms with van der Waals surface area (Å²) in [5, 5.41) is 0. The van der Waals surface area contributed by atoms with Gasteiger partial charge in [-0.2, -0.15) is 0 Å². The maximum absolute atomic E-state index is 5.41. The van der Waals surface area contributed by atoms with Crippen molar-refractivity contribution in [2.24, 2.45) is 11.8 Å². The van der Waals surface area contributed by atoms with E-state index >= 15 is 0 Å². The molecule has 0 radical (unpaired) electrons. The lowest BCUT2D eigenvalue weighted by Gasteiger charge is -2.16. The molecule has 0 N–H and O–H groups in total. The average Bonchev–Trinajstić information content (AvgIpc) is 2.95. The number of ether oxygens (including phenoxy) is 2. The molecule has 0 amide bonds. The van der Waals surface area contributed by atoms with Gasteiger partial charge in [-0.25, -0.2) is 0 Å². The Hall–Kier alpha value is -1.48. The number of halogens is 1. The van der Waals surface area contributed by atoms with Crippen LogP contribution in [0, 0.1) is 11.8 Å². The summed E-state index contributed by atoms with van der Waals surface area (Å²) in [6.45, 7) is 2.43. The molecular weight excluding hydrogens is 352 g/mol. The fraction of sp³-hybridized carbons (Fsp3) is 0.400. The van der Waals surface area contributed by atoms with Gasteiger partial charge in [0, 0.05) is 16.0 Å². The quantitative estimate of drug-likeness (QED) is 0.769. The van der Waals surface area contributed by atoms with E-state index in [2.05, 4.69) is 53.2 Å². The zero-order valence-corrected chi connectivity index (χ0v) is 15.3. The molecule has 0 aromatic heterocycles. The molecule has 0 saturated heterocycles. The van der Waals surface area contributed by atoms with Gasteiger partial charge in [-0.05, 0) is 59.6 Å². The maximum atomic E-state index is 5.41. The first-order chi connectivity index (χ1) is 11.1. The third-order valence-corrected chi connectivity index (χ3v) is 6.52.